The van der Waals surface area contributed by atoms with Crippen LogP contribution in [0.3, 0.4) is 0 Å². The zero-order chi connectivity index (χ0) is 11.0. The normalized spacial score (nSPS) is 22.3. The fraction of sp³-hybridized carbons (Fsp3) is 0.500. The van der Waals surface area contributed by atoms with Crippen LogP contribution >= 0.6 is 23.2 Å². The van der Waals surface area contributed by atoms with Crippen LogP contribution in [0.5, 0.6) is 0 Å². The lowest BCUT2D eigenvalue weighted by atomic mass is 9.95. The summed E-state index contributed by atoms with van der Waals surface area (Å²) in [5.74, 6) is 0.530. The molecule has 1 heterocycles. The third-order valence-corrected chi connectivity index (χ3v) is 3.78. The van der Waals surface area contributed by atoms with E-state index in [4.69, 9.17) is 23.2 Å². The third-order valence-electron chi connectivity index (χ3n) is 3.06. The van der Waals surface area contributed by atoms with Gasteiger partial charge in [-0.1, -0.05) is 30.1 Å². The summed E-state index contributed by atoms with van der Waals surface area (Å²) in [4.78, 5) is 2.35. The lowest BCUT2D eigenvalue weighted by Gasteiger charge is -2.17. The lowest BCUT2D eigenvalue weighted by molar-refractivity contribution is 0.332. The summed E-state index contributed by atoms with van der Waals surface area (Å²) < 4.78 is 0. The van der Waals surface area contributed by atoms with Crippen LogP contribution in [-0.2, 0) is 6.42 Å². The smallest absolute Gasteiger partial charge is 0.0595 e. The second-order valence-electron chi connectivity index (χ2n) is 4.38. The second kappa shape index (κ2) is 4.32. The molecule has 0 fully saturated rings. The Balaban J connectivity index is 2.45. The predicted octanol–water partition coefficient (Wildman–Crippen LogP) is 3.58. The largest absolute Gasteiger partial charge is 0.305 e. The van der Waals surface area contributed by atoms with Gasteiger partial charge in [0.05, 0.1) is 10.0 Å². The van der Waals surface area contributed by atoms with E-state index in [2.05, 4.69) is 18.9 Å². The van der Waals surface area contributed by atoms with Gasteiger partial charge in [-0.25, -0.2) is 0 Å². The van der Waals surface area contributed by atoms with Gasteiger partial charge in [0, 0.05) is 13.1 Å². The highest BCUT2D eigenvalue weighted by Crippen LogP contribution is 2.32. The standard InChI is InChI=1S/C12H15Cl2N/c1-8-7-15(2)4-3-9-5-11(13)12(14)6-10(8)9/h5-6,8H,3-4,7H2,1-2H3. The number of likely N-dealkylation sites (N-methyl/N-ethyl adjacent to an activating group) is 1. The molecule has 3 heteroatoms. The molecule has 0 spiro atoms. The van der Waals surface area contributed by atoms with Crippen LogP contribution in [0.15, 0.2) is 12.1 Å². The first-order chi connectivity index (χ1) is 7.08. The molecule has 0 bridgehead atoms. The van der Waals surface area contributed by atoms with Gasteiger partial charge in [0.25, 0.3) is 0 Å². The predicted molar refractivity (Wildman–Crippen MR) is 66.1 cm³/mol. The zero-order valence-electron chi connectivity index (χ0n) is 9.06. The SMILES string of the molecule is CC1CN(C)CCc2cc(Cl)c(Cl)cc21. The zero-order valence-corrected chi connectivity index (χ0v) is 10.6. The van der Waals surface area contributed by atoms with Crippen molar-refractivity contribution in [3.05, 3.63) is 33.3 Å². The van der Waals surface area contributed by atoms with Crippen molar-refractivity contribution in [2.24, 2.45) is 0 Å². The number of fused-ring (bicyclic) bond motifs is 1. The number of halogens is 2. The Morgan fingerprint density at radius 2 is 1.93 bits per heavy atom. The van der Waals surface area contributed by atoms with Gasteiger partial charge in [-0.05, 0) is 42.6 Å². The van der Waals surface area contributed by atoms with Crippen molar-refractivity contribution < 1.29 is 0 Å². The molecule has 2 rings (SSSR count). The molecule has 0 saturated heterocycles. The molecule has 0 radical (unpaired) electrons. The Bertz CT molecular complexity index is 376. The van der Waals surface area contributed by atoms with E-state index in [1.807, 2.05) is 12.1 Å². The first kappa shape index (κ1) is 11.3. The highest BCUT2D eigenvalue weighted by molar-refractivity contribution is 6.42. The monoisotopic (exact) mass is 243 g/mol. The number of benzene rings is 1. The molecular formula is C12H15Cl2N. The Morgan fingerprint density at radius 1 is 1.27 bits per heavy atom. The summed E-state index contributed by atoms with van der Waals surface area (Å²) >= 11 is 12.1. The lowest BCUT2D eigenvalue weighted by Crippen LogP contribution is -2.22. The fourth-order valence-electron chi connectivity index (χ4n) is 2.25. The van der Waals surface area contributed by atoms with Crippen LogP contribution < -0.4 is 0 Å². The minimum atomic E-state index is 0.530. The quantitative estimate of drug-likeness (QED) is 0.674. The van der Waals surface area contributed by atoms with Crippen LogP contribution in [0.2, 0.25) is 10.0 Å². The molecule has 0 aliphatic carbocycles. The Hall–Kier alpha value is -0.240. The topological polar surface area (TPSA) is 3.24 Å². The van der Waals surface area contributed by atoms with Crippen LogP contribution in [0.1, 0.15) is 24.0 Å². The molecule has 0 amide bonds. The van der Waals surface area contributed by atoms with Crippen molar-refractivity contribution in [3.63, 3.8) is 0 Å². The summed E-state index contributed by atoms with van der Waals surface area (Å²) in [5, 5.41) is 1.35. The molecule has 1 unspecified atom stereocenters. The molecular weight excluding hydrogens is 229 g/mol. The Kier molecular flexibility index (Phi) is 3.24. The summed E-state index contributed by atoms with van der Waals surface area (Å²) in [5.41, 5.74) is 2.70. The molecule has 82 valence electrons. The summed E-state index contributed by atoms with van der Waals surface area (Å²) in [6.07, 6.45) is 1.06. The molecule has 1 aliphatic rings. The first-order valence-electron chi connectivity index (χ1n) is 5.24. The van der Waals surface area contributed by atoms with Gasteiger partial charge in [0.1, 0.15) is 0 Å². The molecule has 1 atom stereocenters. The van der Waals surface area contributed by atoms with Crippen molar-refractivity contribution in [1.82, 2.24) is 4.90 Å². The van der Waals surface area contributed by atoms with Gasteiger partial charge in [0.15, 0.2) is 0 Å². The summed E-state index contributed by atoms with van der Waals surface area (Å²) in [6, 6.07) is 4.05. The van der Waals surface area contributed by atoms with E-state index in [1.165, 1.54) is 11.1 Å². The van der Waals surface area contributed by atoms with Crippen molar-refractivity contribution in [2.45, 2.75) is 19.3 Å². The Labute approximate surface area is 101 Å². The van der Waals surface area contributed by atoms with Crippen molar-refractivity contribution in [2.75, 3.05) is 20.1 Å². The van der Waals surface area contributed by atoms with Crippen LogP contribution in [0, 0.1) is 0 Å². The van der Waals surface area contributed by atoms with E-state index in [0.29, 0.717) is 16.0 Å². The molecule has 1 aliphatic heterocycles. The molecule has 1 aromatic rings. The number of rotatable bonds is 0. The summed E-state index contributed by atoms with van der Waals surface area (Å²) in [7, 11) is 2.16. The molecule has 0 saturated carbocycles. The van der Waals surface area contributed by atoms with E-state index < -0.39 is 0 Å². The molecule has 0 aromatic heterocycles. The van der Waals surface area contributed by atoms with E-state index in [1.54, 1.807) is 0 Å². The highest BCUT2D eigenvalue weighted by atomic mass is 35.5. The van der Waals surface area contributed by atoms with Crippen LogP contribution in [0.25, 0.3) is 0 Å². The average Bonchev–Trinajstić information content (AvgIpc) is 2.30. The third kappa shape index (κ3) is 2.30. The minimum Gasteiger partial charge on any atom is -0.305 e. The van der Waals surface area contributed by atoms with Gasteiger partial charge in [-0.3, -0.25) is 0 Å². The van der Waals surface area contributed by atoms with Gasteiger partial charge in [-0.2, -0.15) is 0 Å². The molecule has 1 nitrogen and oxygen atoms in total. The van der Waals surface area contributed by atoms with Crippen LogP contribution in [0.4, 0.5) is 0 Å². The molecule has 0 N–H and O–H groups in total. The number of nitrogens with zero attached hydrogens (tertiary/aromatic N) is 1. The van der Waals surface area contributed by atoms with E-state index in [-0.39, 0.29) is 0 Å². The average molecular weight is 244 g/mol. The van der Waals surface area contributed by atoms with Gasteiger partial charge in [0.2, 0.25) is 0 Å². The maximum Gasteiger partial charge on any atom is 0.0595 e. The van der Waals surface area contributed by atoms with Gasteiger partial charge >= 0.3 is 0 Å². The number of hydrogen-bond donors (Lipinski definition) is 0. The maximum absolute atomic E-state index is 6.06. The molecule has 1 aromatic carbocycles. The Morgan fingerprint density at radius 3 is 2.67 bits per heavy atom. The summed E-state index contributed by atoms with van der Waals surface area (Å²) in [6.45, 7) is 4.42. The second-order valence-corrected chi connectivity index (χ2v) is 5.19. The van der Waals surface area contributed by atoms with Crippen molar-refractivity contribution in [3.8, 4) is 0 Å². The first-order valence-corrected chi connectivity index (χ1v) is 6.00. The van der Waals surface area contributed by atoms with E-state index in [9.17, 15) is 0 Å². The molecule has 15 heavy (non-hydrogen) atoms. The van der Waals surface area contributed by atoms with Gasteiger partial charge < -0.3 is 4.90 Å². The van der Waals surface area contributed by atoms with Crippen LogP contribution in [-0.4, -0.2) is 25.0 Å². The fourth-order valence-corrected chi connectivity index (χ4v) is 2.61. The van der Waals surface area contributed by atoms with Gasteiger partial charge in [-0.15, -0.1) is 0 Å². The van der Waals surface area contributed by atoms with Crippen molar-refractivity contribution >= 4 is 23.2 Å². The van der Waals surface area contributed by atoms with Crippen molar-refractivity contribution in [1.29, 1.82) is 0 Å². The number of hydrogen-bond acceptors (Lipinski definition) is 1. The van der Waals surface area contributed by atoms with E-state index >= 15 is 0 Å². The maximum atomic E-state index is 6.06. The van der Waals surface area contributed by atoms with E-state index in [0.717, 1.165) is 19.5 Å². The minimum absolute atomic E-state index is 0.530. The highest BCUT2D eigenvalue weighted by Gasteiger charge is 2.18.